The molecule has 0 radical (unpaired) electrons. The summed E-state index contributed by atoms with van der Waals surface area (Å²) >= 11 is 0. The van der Waals surface area contributed by atoms with Gasteiger partial charge >= 0.3 is 6.18 Å². The average Bonchev–Trinajstić information content (AvgIpc) is 2.39. The van der Waals surface area contributed by atoms with Crippen molar-refractivity contribution in [2.45, 2.75) is 44.4 Å². The molecule has 2 atom stereocenters. The van der Waals surface area contributed by atoms with Crippen molar-refractivity contribution in [2.24, 2.45) is 5.92 Å². The van der Waals surface area contributed by atoms with Crippen LogP contribution in [0.3, 0.4) is 0 Å². The molecule has 2 rings (SSSR count). The second-order valence-corrected chi connectivity index (χ2v) is 5.16. The van der Waals surface area contributed by atoms with Gasteiger partial charge in [-0.15, -0.1) is 0 Å². The van der Waals surface area contributed by atoms with E-state index in [9.17, 15) is 22.0 Å². The van der Waals surface area contributed by atoms with Crippen molar-refractivity contribution < 1.29 is 22.0 Å². The van der Waals surface area contributed by atoms with Gasteiger partial charge in [0.25, 0.3) is 0 Å². The lowest BCUT2D eigenvalue weighted by atomic mass is 9.84. The smallest absolute Gasteiger partial charge is 0.309 e. The highest BCUT2D eigenvalue weighted by atomic mass is 19.4. The number of alkyl halides is 3. The lowest BCUT2D eigenvalue weighted by Crippen LogP contribution is -2.45. The summed E-state index contributed by atoms with van der Waals surface area (Å²) in [6, 6.07) is 2.24. The zero-order valence-corrected chi connectivity index (χ0v) is 10.8. The van der Waals surface area contributed by atoms with Gasteiger partial charge in [0.2, 0.25) is 0 Å². The molecule has 1 N–H and O–H groups in total. The maximum atomic E-state index is 13.4. The molecule has 6 heteroatoms. The topological polar surface area (TPSA) is 12.0 Å². The molecular weight excluding hydrogens is 277 g/mol. The molecule has 1 nitrogen and oxygen atoms in total. The minimum absolute atomic E-state index is 0.0523. The normalized spacial score (nSPS) is 23.9. The van der Waals surface area contributed by atoms with Crippen LogP contribution in [0.2, 0.25) is 0 Å². The highest BCUT2D eigenvalue weighted by Crippen LogP contribution is 2.37. The largest absolute Gasteiger partial charge is 0.393 e. The van der Waals surface area contributed by atoms with E-state index in [2.05, 4.69) is 5.32 Å². The Morgan fingerprint density at radius 1 is 1.10 bits per heavy atom. The van der Waals surface area contributed by atoms with Crippen LogP contribution >= 0.6 is 0 Å². The number of rotatable bonds is 3. The minimum atomic E-state index is -4.25. The van der Waals surface area contributed by atoms with Gasteiger partial charge in [0, 0.05) is 18.2 Å². The molecule has 1 aromatic carbocycles. The van der Waals surface area contributed by atoms with E-state index in [1.165, 1.54) is 0 Å². The standard InChI is InChI=1S/C14H16F5N/c15-10-5-6-12(16)9(7-10)8-20-13-4-2-1-3-11(13)14(17,18)19/h5-7,11,13,20H,1-4,8H2. The third-order valence-corrected chi connectivity index (χ3v) is 3.75. The van der Waals surface area contributed by atoms with Crippen LogP contribution in [0.5, 0.6) is 0 Å². The molecule has 1 aliphatic carbocycles. The van der Waals surface area contributed by atoms with E-state index in [1.54, 1.807) is 0 Å². The Morgan fingerprint density at radius 3 is 2.50 bits per heavy atom. The van der Waals surface area contributed by atoms with E-state index >= 15 is 0 Å². The van der Waals surface area contributed by atoms with Crippen molar-refractivity contribution in [1.29, 1.82) is 0 Å². The molecule has 1 fully saturated rings. The summed E-state index contributed by atoms with van der Waals surface area (Å²) in [6.07, 6.45) is -2.49. The SMILES string of the molecule is Fc1ccc(F)c(CNC2CCCCC2C(F)(F)F)c1. The first kappa shape index (κ1) is 15.2. The van der Waals surface area contributed by atoms with Crippen LogP contribution in [0.1, 0.15) is 31.2 Å². The van der Waals surface area contributed by atoms with Gasteiger partial charge in [0.05, 0.1) is 5.92 Å². The van der Waals surface area contributed by atoms with Crippen LogP contribution in [0, 0.1) is 17.6 Å². The Bertz CT molecular complexity index is 457. The molecule has 1 aliphatic rings. The van der Waals surface area contributed by atoms with Gasteiger partial charge in [-0.05, 0) is 31.0 Å². The molecule has 20 heavy (non-hydrogen) atoms. The molecule has 0 heterocycles. The summed E-state index contributed by atoms with van der Waals surface area (Å²) in [4.78, 5) is 0. The summed E-state index contributed by atoms with van der Waals surface area (Å²) in [7, 11) is 0. The quantitative estimate of drug-likeness (QED) is 0.825. The zero-order chi connectivity index (χ0) is 14.8. The predicted octanol–water partition coefficient (Wildman–Crippen LogP) is 4.18. The lowest BCUT2D eigenvalue weighted by molar-refractivity contribution is -0.189. The number of nitrogens with one attached hydrogen (secondary N) is 1. The summed E-state index contributed by atoms with van der Waals surface area (Å²) in [5.74, 6) is -2.62. The van der Waals surface area contributed by atoms with E-state index in [-0.39, 0.29) is 18.5 Å². The zero-order valence-electron chi connectivity index (χ0n) is 10.8. The summed E-state index contributed by atoms with van der Waals surface area (Å²) in [5.41, 5.74) is 0.0523. The van der Waals surface area contributed by atoms with Crippen LogP contribution in [-0.2, 0) is 6.54 Å². The van der Waals surface area contributed by atoms with Crippen molar-refractivity contribution in [3.05, 3.63) is 35.4 Å². The highest BCUT2D eigenvalue weighted by Gasteiger charge is 2.45. The Kier molecular flexibility index (Phi) is 4.62. The Morgan fingerprint density at radius 2 is 1.80 bits per heavy atom. The average molecular weight is 293 g/mol. The van der Waals surface area contributed by atoms with Crippen LogP contribution in [0.25, 0.3) is 0 Å². The monoisotopic (exact) mass is 293 g/mol. The summed E-state index contributed by atoms with van der Waals surface area (Å²) < 4.78 is 65.1. The molecule has 0 bridgehead atoms. The Hall–Kier alpha value is -1.17. The molecule has 112 valence electrons. The van der Waals surface area contributed by atoms with E-state index in [4.69, 9.17) is 0 Å². The molecule has 0 aromatic heterocycles. The van der Waals surface area contributed by atoms with Gasteiger partial charge in [-0.25, -0.2) is 8.78 Å². The molecule has 0 aliphatic heterocycles. The van der Waals surface area contributed by atoms with Crippen molar-refractivity contribution >= 4 is 0 Å². The van der Waals surface area contributed by atoms with Crippen molar-refractivity contribution in [2.75, 3.05) is 0 Å². The van der Waals surface area contributed by atoms with E-state index in [0.717, 1.165) is 24.6 Å². The Labute approximate surface area is 114 Å². The van der Waals surface area contributed by atoms with Crippen LogP contribution in [0.15, 0.2) is 18.2 Å². The van der Waals surface area contributed by atoms with Crippen molar-refractivity contribution in [3.63, 3.8) is 0 Å². The van der Waals surface area contributed by atoms with Gasteiger partial charge < -0.3 is 5.32 Å². The fraction of sp³-hybridized carbons (Fsp3) is 0.571. The summed E-state index contributed by atoms with van der Waals surface area (Å²) in [6.45, 7) is -0.0964. The maximum absolute atomic E-state index is 13.4. The molecule has 2 unspecified atom stereocenters. The van der Waals surface area contributed by atoms with Crippen LogP contribution in [0.4, 0.5) is 22.0 Å². The third kappa shape index (κ3) is 3.69. The van der Waals surface area contributed by atoms with Crippen molar-refractivity contribution in [1.82, 2.24) is 5.32 Å². The van der Waals surface area contributed by atoms with Gasteiger partial charge in [-0.2, -0.15) is 13.2 Å². The third-order valence-electron chi connectivity index (χ3n) is 3.75. The van der Waals surface area contributed by atoms with Gasteiger partial charge in [-0.3, -0.25) is 0 Å². The van der Waals surface area contributed by atoms with E-state index < -0.39 is 29.8 Å². The van der Waals surface area contributed by atoms with Crippen LogP contribution in [-0.4, -0.2) is 12.2 Å². The van der Waals surface area contributed by atoms with Gasteiger partial charge in [0.1, 0.15) is 11.6 Å². The predicted molar refractivity (Wildman–Crippen MR) is 65.0 cm³/mol. The number of benzene rings is 1. The molecule has 0 amide bonds. The number of hydrogen-bond donors (Lipinski definition) is 1. The fourth-order valence-electron chi connectivity index (χ4n) is 2.69. The van der Waals surface area contributed by atoms with Gasteiger partial charge in [-0.1, -0.05) is 12.8 Å². The lowest BCUT2D eigenvalue weighted by Gasteiger charge is -2.33. The second-order valence-electron chi connectivity index (χ2n) is 5.16. The first-order chi connectivity index (χ1) is 9.38. The van der Waals surface area contributed by atoms with E-state index in [0.29, 0.717) is 12.8 Å². The molecule has 1 saturated carbocycles. The van der Waals surface area contributed by atoms with Gasteiger partial charge in [0.15, 0.2) is 0 Å². The first-order valence-corrected chi connectivity index (χ1v) is 6.62. The second kappa shape index (κ2) is 6.08. The Balaban J connectivity index is 2.03. The molecule has 0 spiro atoms. The molecule has 0 saturated heterocycles. The molecular formula is C14H16F5N. The fourth-order valence-corrected chi connectivity index (χ4v) is 2.69. The van der Waals surface area contributed by atoms with Crippen LogP contribution < -0.4 is 5.32 Å². The molecule has 1 aromatic rings. The van der Waals surface area contributed by atoms with Crippen molar-refractivity contribution in [3.8, 4) is 0 Å². The highest BCUT2D eigenvalue weighted by molar-refractivity contribution is 5.18. The van der Waals surface area contributed by atoms with E-state index in [1.807, 2.05) is 0 Å². The number of halogens is 5. The minimum Gasteiger partial charge on any atom is -0.309 e. The number of hydrogen-bond acceptors (Lipinski definition) is 1. The summed E-state index contributed by atoms with van der Waals surface area (Å²) in [5, 5.41) is 2.74. The maximum Gasteiger partial charge on any atom is 0.393 e. The first-order valence-electron chi connectivity index (χ1n) is 6.62.